The maximum Gasteiger partial charge on any atom is 0.407 e. The minimum absolute atomic E-state index is 0.193. The van der Waals surface area contributed by atoms with E-state index in [1.807, 2.05) is 55.7 Å². The SMILES string of the molecule is COC(=O)C[C@H](C)c1nnc(C)n1-c1sc(C)c(Br)c1CNC(=O)OCc1ccccc1. The molecule has 1 aromatic carbocycles. The van der Waals surface area contributed by atoms with E-state index in [0.29, 0.717) is 11.6 Å². The van der Waals surface area contributed by atoms with Crippen LogP contribution in [0.3, 0.4) is 0 Å². The maximum absolute atomic E-state index is 12.3. The van der Waals surface area contributed by atoms with Gasteiger partial charge in [0.1, 0.15) is 23.3 Å². The highest BCUT2D eigenvalue weighted by atomic mass is 79.9. The summed E-state index contributed by atoms with van der Waals surface area (Å²) in [7, 11) is 1.37. The summed E-state index contributed by atoms with van der Waals surface area (Å²) in [6.45, 7) is 6.22. The lowest BCUT2D eigenvalue weighted by molar-refractivity contribution is -0.141. The zero-order valence-corrected chi connectivity index (χ0v) is 20.7. The second-order valence-corrected chi connectivity index (χ2v) is 9.29. The van der Waals surface area contributed by atoms with Crippen LogP contribution in [0.25, 0.3) is 5.00 Å². The molecule has 0 aliphatic rings. The Kier molecular flexibility index (Phi) is 8.03. The molecule has 0 radical (unpaired) electrons. The van der Waals surface area contributed by atoms with Crippen LogP contribution < -0.4 is 5.32 Å². The third-order valence-electron chi connectivity index (χ3n) is 4.90. The van der Waals surface area contributed by atoms with Crippen molar-refractivity contribution in [3.63, 3.8) is 0 Å². The second kappa shape index (κ2) is 10.7. The number of nitrogens with one attached hydrogen (secondary N) is 1. The fraction of sp³-hybridized carbons (Fsp3) is 0.364. The lowest BCUT2D eigenvalue weighted by atomic mass is 10.1. The molecule has 0 unspecified atom stereocenters. The van der Waals surface area contributed by atoms with E-state index >= 15 is 0 Å². The number of nitrogens with zero attached hydrogens (tertiary/aromatic N) is 3. The number of aryl methyl sites for hydroxylation is 2. The first-order valence-corrected chi connectivity index (χ1v) is 11.6. The van der Waals surface area contributed by atoms with Crippen molar-refractivity contribution in [2.75, 3.05) is 7.11 Å². The Morgan fingerprint density at radius 1 is 1.22 bits per heavy atom. The summed E-state index contributed by atoms with van der Waals surface area (Å²) in [4.78, 5) is 25.1. The Labute approximate surface area is 199 Å². The molecule has 3 rings (SSSR count). The number of hydrogen-bond donors (Lipinski definition) is 1. The van der Waals surface area contributed by atoms with Crippen molar-refractivity contribution >= 4 is 39.3 Å². The highest BCUT2D eigenvalue weighted by molar-refractivity contribution is 9.10. The number of aromatic nitrogens is 3. The van der Waals surface area contributed by atoms with Gasteiger partial charge in [0.2, 0.25) is 0 Å². The zero-order valence-electron chi connectivity index (χ0n) is 18.3. The number of ether oxygens (including phenoxy) is 2. The van der Waals surface area contributed by atoms with Crippen molar-refractivity contribution in [2.45, 2.75) is 46.3 Å². The number of carbonyl (C=O) groups is 2. The fourth-order valence-electron chi connectivity index (χ4n) is 3.20. The number of hydrogen-bond acceptors (Lipinski definition) is 7. The minimum atomic E-state index is -0.504. The summed E-state index contributed by atoms with van der Waals surface area (Å²) in [5.41, 5.74) is 1.80. The summed E-state index contributed by atoms with van der Waals surface area (Å²) >= 11 is 5.20. The zero-order chi connectivity index (χ0) is 23.3. The summed E-state index contributed by atoms with van der Waals surface area (Å²) < 4.78 is 13.0. The van der Waals surface area contributed by atoms with Crippen LogP contribution in [0.1, 0.15) is 46.9 Å². The second-order valence-electron chi connectivity index (χ2n) is 7.29. The van der Waals surface area contributed by atoms with E-state index < -0.39 is 6.09 Å². The average Bonchev–Trinajstić information content (AvgIpc) is 3.30. The van der Waals surface area contributed by atoms with Gasteiger partial charge in [-0.15, -0.1) is 21.5 Å². The standard InChI is InChI=1S/C22H25BrN4O4S/c1-13(10-18(28)30-4)20-26-25-15(3)27(20)21-17(19(23)14(2)32-21)11-24-22(29)31-12-16-8-6-5-7-9-16/h5-9,13H,10-12H2,1-4H3,(H,24,29)/t13-/m0/s1. The quantitative estimate of drug-likeness (QED) is 0.428. The van der Waals surface area contributed by atoms with Crippen LogP contribution in [-0.4, -0.2) is 33.9 Å². The molecule has 10 heteroatoms. The molecule has 2 aromatic heterocycles. The number of halogens is 1. The van der Waals surface area contributed by atoms with Gasteiger partial charge in [-0.25, -0.2) is 4.79 Å². The minimum Gasteiger partial charge on any atom is -0.469 e. The van der Waals surface area contributed by atoms with Gasteiger partial charge in [-0.05, 0) is 35.3 Å². The van der Waals surface area contributed by atoms with Crippen LogP contribution in [0, 0.1) is 13.8 Å². The Hall–Kier alpha value is -2.72. The van der Waals surface area contributed by atoms with Gasteiger partial charge < -0.3 is 14.8 Å². The van der Waals surface area contributed by atoms with E-state index in [1.54, 1.807) is 11.3 Å². The van der Waals surface area contributed by atoms with Crippen molar-refractivity contribution in [3.05, 3.63) is 62.5 Å². The molecule has 32 heavy (non-hydrogen) atoms. The highest BCUT2D eigenvalue weighted by Crippen LogP contribution is 2.37. The molecular formula is C22H25BrN4O4S. The first-order valence-electron chi connectivity index (χ1n) is 10.0. The first kappa shape index (κ1) is 23.9. The first-order chi connectivity index (χ1) is 15.3. The predicted molar refractivity (Wildman–Crippen MR) is 125 cm³/mol. The Morgan fingerprint density at radius 2 is 1.94 bits per heavy atom. The number of alkyl carbamates (subject to hydrolysis) is 1. The predicted octanol–water partition coefficient (Wildman–Crippen LogP) is 4.80. The molecule has 0 fully saturated rings. The molecule has 1 N–H and O–H groups in total. The van der Waals surface area contributed by atoms with Gasteiger partial charge in [-0.1, -0.05) is 37.3 Å². The normalized spacial score (nSPS) is 11.8. The monoisotopic (exact) mass is 520 g/mol. The highest BCUT2D eigenvalue weighted by Gasteiger charge is 2.25. The molecule has 0 aliphatic heterocycles. The van der Waals surface area contributed by atoms with Crippen LogP contribution >= 0.6 is 27.3 Å². The Bertz CT molecular complexity index is 1100. The van der Waals surface area contributed by atoms with E-state index in [9.17, 15) is 9.59 Å². The molecule has 3 aromatic rings. The van der Waals surface area contributed by atoms with Gasteiger partial charge in [0, 0.05) is 20.8 Å². The van der Waals surface area contributed by atoms with Crippen molar-refractivity contribution in [2.24, 2.45) is 0 Å². The molecule has 1 atom stereocenters. The summed E-state index contributed by atoms with van der Waals surface area (Å²) in [5, 5.41) is 12.2. The summed E-state index contributed by atoms with van der Waals surface area (Å²) in [6.07, 6.45) is -0.310. The topological polar surface area (TPSA) is 95.3 Å². The van der Waals surface area contributed by atoms with Crippen LogP contribution in [-0.2, 0) is 27.4 Å². The largest absolute Gasteiger partial charge is 0.469 e. The van der Waals surface area contributed by atoms with Gasteiger partial charge in [-0.3, -0.25) is 9.36 Å². The number of carbonyl (C=O) groups excluding carboxylic acids is 2. The molecule has 0 spiro atoms. The molecule has 0 aliphatic carbocycles. The number of methoxy groups -OCH3 is 1. The smallest absolute Gasteiger partial charge is 0.407 e. The maximum atomic E-state index is 12.3. The fourth-order valence-corrected chi connectivity index (χ4v) is 5.02. The molecule has 2 heterocycles. The Morgan fingerprint density at radius 3 is 2.62 bits per heavy atom. The summed E-state index contributed by atoms with van der Waals surface area (Å²) in [5.74, 6) is 0.852. The van der Waals surface area contributed by atoms with Crippen LogP contribution in [0.15, 0.2) is 34.8 Å². The van der Waals surface area contributed by atoms with Gasteiger partial charge in [0.05, 0.1) is 20.1 Å². The van der Waals surface area contributed by atoms with Crippen LogP contribution in [0.2, 0.25) is 0 Å². The molecule has 1 amide bonds. The van der Waals surface area contributed by atoms with E-state index in [4.69, 9.17) is 9.47 Å². The molecule has 0 bridgehead atoms. The van der Waals surface area contributed by atoms with Gasteiger partial charge in [0.15, 0.2) is 0 Å². The van der Waals surface area contributed by atoms with Gasteiger partial charge in [0.25, 0.3) is 0 Å². The molecule has 0 saturated heterocycles. The third-order valence-corrected chi connectivity index (χ3v) is 7.37. The van der Waals surface area contributed by atoms with Crippen molar-refractivity contribution in [3.8, 4) is 5.00 Å². The summed E-state index contributed by atoms with van der Waals surface area (Å²) in [6, 6.07) is 9.50. The number of rotatable bonds is 8. The molecule has 8 nitrogen and oxygen atoms in total. The third kappa shape index (κ3) is 5.55. The van der Waals surface area contributed by atoms with E-state index in [2.05, 4.69) is 31.4 Å². The Balaban J connectivity index is 1.79. The average molecular weight is 521 g/mol. The van der Waals surface area contributed by atoms with Crippen molar-refractivity contribution in [1.29, 1.82) is 0 Å². The number of thiophene rings is 1. The lowest BCUT2D eigenvalue weighted by Crippen LogP contribution is -2.24. The van der Waals surface area contributed by atoms with Crippen LogP contribution in [0.5, 0.6) is 0 Å². The molecule has 170 valence electrons. The van der Waals surface area contributed by atoms with E-state index in [-0.39, 0.29) is 31.5 Å². The van der Waals surface area contributed by atoms with Gasteiger partial charge in [-0.2, -0.15) is 0 Å². The van der Waals surface area contributed by atoms with Gasteiger partial charge >= 0.3 is 12.1 Å². The van der Waals surface area contributed by atoms with Crippen molar-refractivity contribution in [1.82, 2.24) is 20.1 Å². The van der Waals surface area contributed by atoms with Crippen molar-refractivity contribution < 1.29 is 19.1 Å². The number of benzene rings is 1. The van der Waals surface area contributed by atoms with E-state index in [1.165, 1.54) is 7.11 Å². The van der Waals surface area contributed by atoms with Crippen LogP contribution in [0.4, 0.5) is 4.79 Å². The molecular weight excluding hydrogens is 496 g/mol. The molecule has 0 saturated carbocycles. The number of esters is 1. The lowest BCUT2D eigenvalue weighted by Gasteiger charge is -2.14. The number of amides is 1. The van der Waals surface area contributed by atoms with E-state index in [0.717, 1.165) is 25.5 Å².